The Morgan fingerprint density at radius 1 is 1.38 bits per heavy atom. The number of aromatic carboxylic acids is 1. The smallest absolute Gasteiger partial charge is 0.339 e. The van der Waals surface area contributed by atoms with Gasteiger partial charge in [0.05, 0.1) is 5.25 Å². The van der Waals surface area contributed by atoms with Crippen molar-refractivity contribution in [3.05, 3.63) is 29.6 Å². The maximum atomic E-state index is 13.8. The summed E-state index contributed by atoms with van der Waals surface area (Å²) in [5.74, 6) is -2.35. The van der Waals surface area contributed by atoms with Crippen LogP contribution in [-0.2, 0) is 9.84 Å². The molecule has 0 aromatic heterocycles. The van der Waals surface area contributed by atoms with Crippen molar-refractivity contribution >= 4 is 15.8 Å². The summed E-state index contributed by atoms with van der Waals surface area (Å²) in [5, 5.41) is 8.54. The zero-order chi connectivity index (χ0) is 15.6. The molecule has 0 radical (unpaired) electrons. The quantitative estimate of drug-likeness (QED) is 0.921. The van der Waals surface area contributed by atoms with E-state index in [4.69, 9.17) is 9.84 Å². The molecule has 7 heteroatoms. The molecule has 0 bridgehead atoms. The van der Waals surface area contributed by atoms with E-state index in [-0.39, 0.29) is 17.7 Å². The summed E-state index contributed by atoms with van der Waals surface area (Å²) in [5.41, 5.74) is -0.253. The number of hydrogen-bond donors (Lipinski definition) is 1. The van der Waals surface area contributed by atoms with Crippen LogP contribution in [0.1, 0.15) is 36.0 Å². The molecule has 0 heterocycles. The van der Waals surface area contributed by atoms with Gasteiger partial charge >= 0.3 is 5.97 Å². The zero-order valence-electron chi connectivity index (χ0n) is 11.6. The van der Waals surface area contributed by atoms with E-state index in [0.29, 0.717) is 19.3 Å². The third-order valence-electron chi connectivity index (χ3n) is 3.67. The van der Waals surface area contributed by atoms with E-state index in [1.807, 2.05) is 0 Å². The Hall–Kier alpha value is -1.63. The first-order chi connectivity index (χ1) is 9.79. The number of carbonyl (C=O) groups is 1. The number of para-hydroxylation sites is 1. The van der Waals surface area contributed by atoms with Crippen LogP contribution in [-0.4, -0.2) is 37.1 Å². The van der Waals surface area contributed by atoms with Gasteiger partial charge in [0.25, 0.3) is 0 Å². The van der Waals surface area contributed by atoms with E-state index in [1.165, 1.54) is 18.4 Å². The lowest BCUT2D eigenvalue weighted by Gasteiger charge is -2.29. The number of rotatable bonds is 4. The van der Waals surface area contributed by atoms with Crippen molar-refractivity contribution < 1.29 is 27.4 Å². The molecular weight excluding hydrogens is 299 g/mol. The molecule has 1 saturated carbocycles. The second kappa shape index (κ2) is 6.01. The molecular formula is C14H17FO5S. The van der Waals surface area contributed by atoms with Crippen molar-refractivity contribution in [2.24, 2.45) is 0 Å². The van der Waals surface area contributed by atoms with E-state index in [9.17, 15) is 17.6 Å². The SMILES string of the molecule is CS(=O)(=O)C1CCCC(Oc2c(F)cccc2C(=O)O)C1. The lowest BCUT2D eigenvalue weighted by Crippen LogP contribution is -2.33. The van der Waals surface area contributed by atoms with Crippen LogP contribution in [0.2, 0.25) is 0 Å². The van der Waals surface area contributed by atoms with Crippen LogP contribution in [0.25, 0.3) is 0 Å². The van der Waals surface area contributed by atoms with Gasteiger partial charge in [-0.2, -0.15) is 0 Å². The fraction of sp³-hybridized carbons (Fsp3) is 0.500. The first kappa shape index (κ1) is 15.8. The van der Waals surface area contributed by atoms with Crippen LogP contribution in [0.5, 0.6) is 5.75 Å². The molecule has 0 spiro atoms. The molecule has 0 saturated heterocycles. The number of ether oxygens (including phenoxy) is 1. The Kier molecular flexibility index (Phi) is 4.51. The third kappa shape index (κ3) is 3.72. The molecule has 1 N–H and O–H groups in total. The zero-order valence-corrected chi connectivity index (χ0v) is 12.4. The molecule has 116 valence electrons. The van der Waals surface area contributed by atoms with E-state index in [0.717, 1.165) is 6.07 Å². The molecule has 1 aliphatic rings. The highest BCUT2D eigenvalue weighted by Crippen LogP contribution is 2.30. The van der Waals surface area contributed by atoms with Gasteiger partial charge in [-0.15, -0.1) is 0 Å². The van der Waals surface area contributed by atoms with Gasteiger partial charge in [0.15, 0.2) is 11.6 Å². The highest BCUT2D eigenvalue weighted by molar-refractivity contribution is 7.91. The number of carboxylic acid groups (broad SMARTS) is 1. The minimum Gasteiger partial charge on any atom is -0.486 e. The summed E-state index contributed by atoms with van der Waals surface area (Å²) < 4.78 is 42.5. The van der Waals surface area contributed by atoms with Crippen molar-refractivity contribution in [3.8, 4) is 5.75 Å². The highest BCUT2D eigenvalue weighted by atomic mass is 32.2. The second-order valence-electron chi connectivity index (χ2n) is 5.28. The van der Waals surface area contributed by atoms with Gasteiger partial charge < -0.3 is 9.84 Å². The summed E-state index contributed by atoms with van der Waals surface area (Å²) >= 11 is 0. The Morgan fingerprint density at radius 2 is 2.10 bits per heavy atom. The van der Waals surface area contributed by atoms with Crippen LogP contribution in [0, 0.1) is 5.82 Å². The average Bonchev–Trinajstić information content (AvgIpc) is 2.40. The number of sulfone groups is 1. The second-order valence-corrected chi connectivity index (χ2v) is 7.61. The molecule has 2 atom stereocenters. The first-order valence-electron chi connectivity index (χ1n) is 6.66. The lowest BCUT2D eigenvalue weighted by molar-refractivity contribution is 0.0683. The van der Waals surface area contributed by atoms with Crippen molar-refractivity contribution in [2.45, 2.75) is 37.0 Å². The largest absolute Gasteiger partial charge is 0.486 e. The molecule has 1 fully saturated rings. The van der Waals surface area contributed by atoms with Gasteiger partial charge in [-0.05, 0) is 31.4 Å². The monoisotopic (exact) mass is 316 g/mol. The number of halogens is 1. The average molecular weight is 316 g/mol. The number of carboxylic acids is 1. The van der Waals surface area contributed by atoms with Gasteiger partial charge in [-0.25, -0.2) is 17.6 Å². The molecule has 21 heavy (non-hydrogen) atoms. The molecule has 1 aliphatic carbocycles. The Bertz CT molecular complexity index is 641. The van der Waals surface area contributed by atoms with E-state index in [1.54, 1.807) is 0 Å². The maximum absolute atomic E-state index is 13.8. The summed E-state index contributed by atoms with van der Waals surface area (Å²) in [7, 11) is -3.18. The highest BCUT2D eigenvalue weighted by Gasteiger charge is 2.31. The van der Waals surface area contributed by atoms with Gasteiger partial charge in [0.2, 0.25) is 0 Å². The molecule has 1 aromatic carbocycles. The van der Waals surface area contributed by atoms with Crippen LogP contribution >= 0.6 is 0 Å². The Morgan fingerprint density at radius 3 is 2.71 bits per heavy atom. The van der Waals surface area contributed by atoms with E-state index in [2.05, 4.69) is 0 Å². The minimum absolute atomic E-state index is 0.253. The summed E-state index contributed by atoms with van der Waals surface area (Å²) in [6.07, 6.45) is 2.73. The molecule has 1 aromatic rings. The van der Waals surface area contributed by atoms with Crippen molar-refractivity contribution in [3.63, 3.8) is 0 Å². The predicted octanol–water partition coefficient (Wildman–Crippen LogP) is 2.26. The van der Waals surface area contributed by atoms with E-state index < -0.39 is 33.0 Å². The van der Waals surface area contributed by atoms with Crippen molar-refractivity contribution in [2.75, 3.05) is 6.26 Å². The first-order valence-corrected chi connectivity index (χ1v) is 8.62. The minimum atomic E-state index is -3.18. The van der Waals surface area contributed by atoms with Crippen LogP contribution in [0.3, 0.4) is 0 Å². The molecule has 0 amide bonds. The third-order valence-corrected chi connectivity index (χ3v) is 5.30. The Labute approximate surface area is 122 Å². The van der Waals surface area contributed by atoms with Gasteiger partial charge in [-0.3, -0.25) is 0 Å². The molecule has 2 unspecified atom stereocenters. The summed E-state index contributed by atoms with van der Waals surface area (Å²) in [6.45, 7) is 0. The van der Waals surface area contributed by atoms with Gasteiger partial charge in [0, 0.05) is 12.7 Å². The van der Waals surface area contributed by atoms with Crippen LogP contribution in [0.15, 0.2) is 18.2 Å². The summed E-state index contributed by atoms with van der Waals surface area (Å²) in [6, 6.07) is 3.68. The fourth-order valence-corrected chi connectivity index (χ4v) is 3.72. The van der Waals surface area contributed by atoms with Gasteiger partial charge in [0.1, 0.15) is 21.5 Å². The molecule has 5 nitrogen and oxygen atoms in total. The normalized spacial score (nSPS) is 22.8. The lowest BCUT2D eigenvalue weighted by atomic mass is 9.97. The standard InChI is InChI=1S/C14H17FO5S/c1-21(18,19)10-5-2-4-9(8-10)20-13-11(14(16)17)6-3-7-12(13)15/h3,6-7,9-10H,2,4-5,8H2,1H3,(H,16,17). The predicted molar refractivity (Wildman–Crippen MR) is 74.9 cm³/mol. The number of hydrogen-bond acceptors (Lipinski definition) is 4. The van der Waals surface area contributed by atoms with Crippen molar-refractivity contribution in [1.29, 1.82) is 0 Å². The van der Waals surface area contributed by atoms with Gasteiger partial charge in [-0.1, -0.05) is 6.07 Å². The van der Waals surface area contributed by atoms with E-state index >= 15 is 0 Å². The van der Waals surface area contributed by atoms with Crippen molar-refractivity contribution in [1.82, 2.24) is 0 Å². The Balaban J connectivity index is 2.21. The molecule has 0 aliphatic heterocycles. The topological polar surface area (TPSA) is 80.7 Å². The van der Waals surface area contributed by atoms with Crippen LogP contribution in [0.4, 0.5) is 4.39 Å². The summed E-state index contributed by atoms with van der Waals surface area (Å²) in [4.78, 5) is 11.1. The maximum Gasteiger partial charge on any atom is 0.339 e. The molecule has 2 rings (SSSR count). The number of benzene rings is 1. The fourth-order valence-electron chi connectivity index (χ4n) is 2.56. The van der Waals surface area contributed by atoms with Crippen LogP contribution < -0.4 is 4.74 Å².